The number of rotatable bonds is 3. The van der Waals surface area contributed by atoms with Crippen LogP contribution in [0.4, 0.5) is 0 Å². The molecule has 0 aliphatic carbocycles. The Morgan fingerprint density at radius 3 is 2.67 bits per heavy atom. The maximum Gasteiger partial charge on any atom is 0.310 e. The summed E-state index contributed by atoms with van der Waals surface area (Å²) in [5.41, 5.74) is 0.766. The summed E-state index contributed by atoms with van der Waals surface area (Å²) in [4.78, 5) is 11.3. The molecular formula is C14H14O4. The Hall–Kier alpha value is -2.23. The van der Waals surface area contributed by atoms with Crippen molar-refractivity contribution in [2.24, 2.45) is 0 Å². The Morgan fingerprint density at radius 2 is 2.00 bits per heavy atom. The number of carbonyl (C=O) groups excluding carboxylic acids is 1. The molecule has 2 aromatic carbocycles. The molecule has 4 heteroatoms. The minimum atomic E-state index is -0.313. The van der Waals surface area contributed by atoms with Crippen molar-refractivity contribution in [1.29, 1.82) is 0 Å². The van der Waals surface area contributed by atoms with Gasteiger partial charge < -0.3 is 14.6 Å². The van der Waals surface area contributed by atoms with Gasteiger partial charge in [0.1, 0.15) is 11.5 Å². The molecular weight excluding hydrogens is 232 g/mol. The number of fused-ring (bicyclic) bond motifs is 1. The van der Waals surface area contributed by atoms with Crippen LogP contribution in [0.2, 0.25) is 0 Å². The van der Waals surface area contributed by atoms with Crippen molar-refractivity contribution in [2.45, 2.75) is 6.42 Å². The molecule has 0 aliphatic heterocycles. The van der Waals surface area contributed by atoms with E-state index in [1.165, 1.54) is 7.11 Å². The minimum absolute atomic E-state index is 0.163. The van der Waals surface area contributed by atoms with E-state index in [4.69, 9.17) is 4.74 Å². The molecule has 0 fully saturated rings. The molecule has 0 saturated heterocycles. The van der Waals surface area contributed by atoms with Crippen LogP contribution < -0.4 is 4.74 Å². The van der Waals surface area contributed by atoms with E-state index in [-0.39, 0.29) is 18.1 Å². The Balaban J connectivity index is 2.55. The molecule has 2 aromatic rings. The first-order chi connectivity index (χ1) is 8.65. The molecule has 1 N–H and O–H groups in total. The smallest absolute Gasteiger partial charge is 0.310 e. The molecule has 0 radical (unpaired) electrons. The number of ether oxygens (including phenoxy) is 2. The van der Waals surface area contributed by atoms with E-state index in [1.807, 2.05) is 6.07 Å². The van der Waals surface area contributed by atoms with Crippen LogP contribution >= 0.6 is 0 Å². The normalized spacial score (nSPS) is 10.3. The molecule has 0 heterocycles. The molecule has 0 spiro atoms. The van der Waals surface area contributed by atoms with Gasteiger partial charge in [0, 0.05) is 10.9 Å². The molecule has 0 aromatic heterocycles. The van der Waals surface area contributed by atoms with Gasteiger partial charge in [-0.25, -0.2) is 0 Å². The zero-order valence-electron chi connectivity index (χ0n) is 10.3. The van der Waals surface area contributed by atoms with Crippen LogP contribution in [0.5, 0.6) is 11.5 Å². The topological polar surface area (TPSA) is 55.8 Å². The van der Waals surface area contributed by atoms with Gasteiger partial charge in [-0.2, -0.15) is 0 Å². The van der Waals surface area contributed by atoms with Crippen molar-refractivity contribution in [3.05, 3.63) is 35.9 Å². The van der Waals surface area contributed by atoms with E-state index in [9.17, 15) is 9.90 Å². The predicted octanol–water partition coefficient (Wildman–Crippen LogP) is 2.27. The van der Waals surface area contributed by atoms with E-state index in [1.54, 1.807) is 31.4 Å². The van der Waals surface area contributed by atoms with Crippen molar-refractivity contribution in [1.82, 2.24) is 0 Å². The van der Waals surface area contributed by atoms with Crippen LogP contribution in [0, 0.1) is 0 Å². The average molecular weight is 246 g/mol. The number of methoxy groups -OCH3 is 2. The highest BCUT2D eigenvalue weighted by atomic mass is 16.5. The number of benzene rings is 2. The third-order valence-corrected chi connectivity index (χ3v) is 2.80. The zero-order chi connectivity index (χ0) is 13.1. The van der Waals surface area contributed by atoms with Gasteiger partial charge in [0.2, 0.25) is 0 Å². The van der Waals surface area contributed by atoms with E-state index in [0.29, 0.717) is 5.75 Å². The lowest BCUT2D eigenvalue weighted by Gasteiger charge is -2.11. The van der Waals surface area contributed by atoms with Crippen molar-refractivity contribution in [3.8, 4) is 11.5 Å². The van der Waals surface area contributed by atoms with Gasteiger partial charge in [0.05, 0.1) is 20.6 Å². The Kier molecular flexibility index (Phi) is 3.37. The molecule has 2 rings (SSSR count). The lowest BCUT2D eigenvalue weighted by atomic mass is 10.0. The Labute approximate surface area is 105 Å². The van der Waals surface area contributed by atoms with Crippen molar-refractivity contribution in [3.63, 3.8) is 0 Å². The highest BCUT2D eigenvalue weighted by molar-refractivity contribution is 5.91. The summed E-state index contributed by atoms with van der Waals surface area (Å²) >= 11 is 0. The number of phenolic OH excluding ortho intramolecular Hbond substituents is 1. The number of phenols is 1. The average Bonchev–Trinajstić information content (AvgIpc) is 2.38. The van der Waals surface area contributed by atoms with Gasteiger partial charge in [-0.3, -0.25) is 4.79 Å². The predicted molar refractivity (Wildman–Crippen MR) is 67.9 cm³/mol. The molecule has 4 nitrogen and oxygen atoms in total. The van der Waals surface area contributed by atoms with Gasteiger partial charge in [-0.1, -0.05) is 12.1 Å². The van der Waals surface area contributed by atoms with Crippen molar-refractivity contribution < 1.29 is 19.4 Å². The fourth-order valence-corrected chi connectivity index (χ4v) is 1.94. The van der Waals surface area contributed by atoms with E-state index in [0.717, 1.165) is 16.3 Å². The fraction of sp³-hybridized carbons (Fsp3) is 0.214. The van der Waals surface area contributed by atoms with Crippen LogP contribution in [0.25, 0.3) is 10.8 Å². The molecule has 0 atom stereocenters. The lowest BCUT2D eigenvalue weighted by Crippen LogP contribution is -2.06. The first-order valence-electron chi connectivity index (χ1n) is 5.51. The number of aromatic hydroxyl groups is 1. The summed E-state index contributed by atoms with van der Waals surface area (Å²) in [5, 5.41) is 11.2. The summed E-state index contributed by atoms with van der Waals surface area (Å²) in [7, 11) is 2.91. The second-order valence-electron chi connectivity index (χ2n) is 3.92. The van der Waals surface area contributed by atoms with E-state index < -0.39 is 0 Å². The van der Waals surface area contributed by atoms with Crippen molar-refractivity contribution >= 4 is 16.7 Å². The standard InChI is InChI=1S/C14H14O4/c1-17-13(16)8-10-4-3-9-7-11(15)5-6-12(9)14(10)18-2/h3-7,15H,8H2,1-2H3. The number of hydrogen-bond acceptors (Lipinski definition) is 4. The SMILES string of the molecule is COC(=O)Cc1ccc2cc(O)ccc2c1OC. The van der Waals surface area contributed by atoms with Crippen LogP contribution in [-0.2, 0) is 16.0 Å². The van der Waals surface area contributed by atoms with Crippen LogP contribution in [0.3, 0.4) is 0 Å². The number of esters is 1. The summed E-state index contributed by atoms with van der Waals surface area (Å²) in [6.07, 6.45) is 0.163. The zero-order valence-corrected chi connectivity index (χ0v) is 10.3. The highest BCUT2D eigenvalue weighted by Gasteiger charge is 2.12. The second-order valence-corrected chi connectivity index (χ2v) is 3.92. The van der Waals surface area contributed by atoms with Crippen molar-refractivity contribution in [2.75, 3.05) is 14.2 Å². The molecule has 0 saturated carbocycles. The first kappa shape index (κ1) is 12.2. The number of carbonyl (C=O) groups is 1. The van der Waals surface area contributed by atoms with Crippen LogP contribution in [-0.4, -0.2) is 25.3 Å². The Morgan fingerprint density at radius 1 is 1.22 bits per heavy atom. The summed E-state index contributed by atoms with van der Waals surface area (Å²) in [6, 6.07) is 8.66. The molecule has 18 heavy (non-hydrogen) atoms. The third-order valence-electron chi connectivity index (χ3n) is 2.80. The quantitative estimate of drug-likeness (QED) is 0.844. The van der Waals surface area contributed by atoms with E-state index in [2.05, 4.69) is 4.74 Å². The van der Waals surface area contributed by atoms with Gasteiger partial charge >= 0.3 is 5.97 Å². The molecule has 94 valence electrons. The first-order valence-corrected chi connectivity index (χ1v) is 5.51. The molecule has 0 bridgehead atoms. The maximum absolute atomic E-state index is 11.3. The van der Waals surface area contributed by atoms with Crippen LogP contribution in [0.1, 0.15) is 5.56 Å². The third kappa shape index (κ3) is 2.22. The van der Waals surface area contributed by atoms with Gasteiger partial charge in [0.15, 0.2) is 0 Å². The summed E-state index contributed by atoms with van der Waals surface area (Å²) < 4.78 is 10.0. The number of hydrogen-bond donors (Lipinski definition) is 1. The lowest BCUT2D eigenvalue weighted by molar-refractivity contribution is -0.139. The van der Waals surface area contributed by atoms with Gasteiger partial charge in [-0.15, -0.1) is 0 Å². The Bertz CT molecular complexity index is 590. The molecule has 0 amide bonds. The minimum Gasteiger partial charge on any atom is -0.508 e. The fourth-order valence-electron chi connectivity index (χ4n) is 1.94. The molecule has 0 unspecified atom stereocenters. The maximum atomic E-state index is 11.3. The van der Waals surface area contributed by atoms with Crippen LogP contribution in [0.15, 0.2) is 30.3 Å². The molecule has 0 aliphatic rings. The summed E-state index contributed by atoms with van der Waals surface area (Å²) in [6.45, 7) is 0. The second kappa shape index (κ2) is 4.96. The largest absolute Gasteiger partial charge is 0.508 e. The monoisotopic (exact) mass is 246 g/mol. The van der Waals surface area contributed by atoms with Gasteiger partial charge in [-0.05, 0) is 23.6 Å². The van der Waals surface area contributed by atoms with E-state index >= 15 is 0 Å². The van der Waals surface area contributed by atoms with Gasteiger partial charge in [0.25, 0.3) is 0 Å². The highest BCUT2D eigenvalue weighted by Crippen LogP contribution is 2.32. The summed E-state index contributed by atoms with van der Waals surface area (Å²) in [5.74, 6) is 0.523.